The maximum Gasteiger partial charge on any atom is 0.251 e. The van der Waals surface area contributed by atoms with Gasteiger partial charge in [-0.05, 0) is 69.8 Å². The Morgan fingerprint density at radius 1 is 1.12 bits per heavy atom. The van der Waals surface area contributed by atoms with Crippen molar-refractivity contribution in [2.45, 2.75) is 57.9 Å². The Balaban J connectivity index is 1.43. The first-order chi connectivity index (χ1) is 12.6. The van der Waals surface area contributed by atoms with E-state index in [0.717, 1.165) is 38.0 Å². The Morgan fingerprint density at radius 2 is 1.88 bits per heavy atom. The van der Waals surface area contributed by atoms with Crippen LogP contribution in [0, 0.1) is 0 Å². The number of nitrogens with zero attached hydrogens (tertiary/aromatic N) is 2. The van der Waals surface area contributed by atoms with Crippen molar-refractivity contribution < 1.29 is 9.59 Å². The van der Waals surface area contributed by atoms with Crippen LogP contribution in [0.25, 0.3) is 0 Å². The van der Waals surface area contributed by atoms with E-state index in [1.807, 2.05) is 29.2 Å². The van der Waals surface area contributed by atoms with Gasteiger partial charge in [-0.25, -0.2) is 0 Å². The Labute approximate surface area is 156 Å². The maximum atomic E-state index is 12.3. The lowest BCUT2D eigenvalue weighted by molar-refractivity contribution is -0.119. The summed E-state index contributed by atoms with van der Waals surface area (Å²) in [5.74, 6) is 0.147. The topological polar surface area (TPSA) is 52.7 Å². The number of rotatable bonds is 6. The third-order valence-corrected chi connectivity index (χ3v) is 5.61. The number of hydrogen-bond donors (Lipinski definition) is 1. The average Bonchev–Trinajstić information content (AvgIpc) is 2.67. The predicted molar refractivity (Wildman–Crippen MR) is 104 cm³/mol. The maximum absolute atomic E-state index is 12.3. The second-order valence-electron chi connectivity index (χ2n) is 7.54. The van der Waals surface area contributed by atoms with Crippen LogP contribution in [0.1, 0.15) is 62.2 Å². The minimum atomic E-state index is -0.0341. The van der Waals surface area contributed by atoms with Crippen LogP contribution in [0.5, 0.6) is 0 Å². The summed E-state index contributed by atoms with van der Waals surface area (Å²) in [7, 11) is 0. The standard InChI is InChI=1S/C21H31N3O2/c1-17-7-2-4-14-23(17)15-6-13-22-21(26)18-9-11-19(12-10-18)24-16-5-3-8-20(24)25/h9-12,17H,2-8,13-16H2,1H3,(H,22,26). The van der Waals surface area contributed by atoms with E-state index in [1.54, 1.807) is 0 Å². The van der Waals surface area contributed by atoms with Crippen molar-refractivity contribution in [3.63, 3.8) is 0 Å². The fraction of sp³-hybridized carbons (Fsp3) is 0.619. The summed E-state index contributed by atoms with van der Waals surface area (Å²) in [5.41, 5.74) is 1.55. The van der Waals surface area contributed by atoms with E-state index < -0.39 is 0 Å². The van der Waals surface area contributed by atoms with Crippen LogP contribution in [-0.2, 0) is 4.79 Å². The highest BCUT2D eigenvalue weighted by Crippen LogP contribution is 2.21. The molecule has 2 aliphatic rings. The molecule has 1 N–H and O–H groups in total. The highest BCUT2D eigenvalue weighted by atomic mass is 16.2. The van der Waals surface area contributed by atoms with E-state index in [9.17, 15) is 9.59 Å². The van der Waals surface area contributed by atoms with Crippen molar-refractivity contribution in [2.75, 3.05) is 31.1 Å². The van der Waals surface area contributed by atoms with E-state index in [-0.39, 0.29) is 11.8 Å². The molecule has 0 saturated carbocycles. The normalized spacial score (nSPS) is 21.7. The molecule has 5 heteroatoms. The highest BCUT2D eigenvalue weighted by molar-refractivity contribution is 5.96. The van der Waals surface area contributed by atoms with Gasteiger partial charge in [-0.2, -0.15) is 0 Å². The zero-order chi connectivity index (χ0) is 18.4. The minimum absolute atomic E-state index is 0.0341. The van der Waals surface area contributed by atoms with Gasteiger partial charge >= 0.3 is 0 Å². The van der Waals surface area contributed by atoms with Gasteiger partial charge in [-0.3, -0.25) is 9.59 Å². The van der Waals surface area contributed by atoms with Crippen molar-refractivity contribution in [1.29, 1.82) is 0 Å². The number of carbonyl (C=O) groups excluding carboxylic acids is 2. The first kappa shape index (κ1) is 18.9. The Hall–Kier alpha value is -1.88. The number of hydrogen-bond acceptors (Lipinski definition) is 3. The van der Waals surface area contributed by atoms with Crippen LogP contribution >= 0.6 is 0 Å². The van der Waals surface area contributed by atoms with Gasteiger partial charge in [-0.1, -0.05) is 6.42 Å². The van der Waals surface area contributed by atoms with Crippen LogP contribution in [0.4, 0.5) is 5.69 Å². The van der Waals surface area contributed by atoms with Gasteiger partial charge in [0.05, 0.1) is 0 Å². The van der Waals surface area contributed by atoms with E-state index >= 15 is 0 Å². The molecule has 5 nitrogen and oxygen atoms in total. The fourth-order valence-corrected chi connectivity index (χ4v) is 3.95. The fourth-order valence-electron chi connectivity index (χ4n) is 3.95. The molecule has 26 heavy (non-hydrogen) atoms. The second kappa shape index (κ2) is 9.17. The molecule has 0 bridgehead atoms. The summed E-state index contributed by atoms with van der Waals surface area (Å²) in [6.45, 7) is 6.02. The molecular formula is C21H31N3O2. The molecule has 142 valence electrons. The lowest BCUT2D eigenvalue weighted by atomic mass is 10.0. The molecule has 1 aromatic rings. The number of nitrogens with one attached hydrogen (secondary N) is 1. The Morgan fingerprint density at radius 3 is 2.62 bits per heavy atom. The molecule has 2 heterocycles. The van der Waals surface area contributed by atoms with Crippen LogP contribution in [-0.4, -0.2) is 48.9 Å². The Bertz CT molecular complexity index is 614. The van der Waals surface area contributed by atoms with Gasteiger partial charge in [0.25, 0.3) is 5.91 Å². The number of likely N-dealkylation sites (tertiary alicyclic amines) is 1. The van der Waals surface area contributed by atoms with Crippen molar-refractivity contribution >= 4 is 17.5 Å². The number of benzene rings is 1. The summed E-state index contributed by atoms with van der Waals surface area (Å²) in [6.07, 6.45) is 7.55. The lowest BCUT2D eigenvalue weighted by Gasteiger charge is -2.33. The van der Waals surface area contributed by atoms with Gasteiger partial charge in [0.15, 0.2) is 0 Å². The van der Waals surface area contributed by atoms with E-state index in [1.165, 1.54) is 25.8 Å². The molecule has 0 radical (unpaired) electrons. The molecule has 1 unspecified atom stereocenters. The van der Waals surface area contributed by atoms with Crippen LogP contribution < -0.4 is 10.2 Å². The van der Waals surface area contributed by atoms with Crippen molar-refractivity contribution in [2.24, 2.45) is 0 Å². The predicted octanol–water partition coefficient (Wildman–Crippen LogP) is 3.20. The van der Waals surface area contributed by atoms with Crippen LogP contribution in [0.15, 0.2) is 24.3 Å². The zero-order valence-electron chi connectivity index (χ0n) is 15.9. The summed E-state index contributed by atoms with van der Waals surface area (Å²) in [5, 5.41) is 3.02. The third-order valence-electron chi connectivity index (χ3n) is 5.61. The molecule has 3 rings (SSSR count). The molecule has 0 aliphatic carbocycles. The molecular weight excluding hydrogens is 326 g/mol. The molecule has 1 aromatic carbocycles. The summed E-state index contributed by atoms with van der Waals surface area (Å²) < 4.78 is 0. The Kier molecular flexibility index (Phi) is 6.67. The minimum Gasteiger partial charge on any atom is -0.352 e. The largest absolute Gasteiger partial charge is 0.352 e. The molecule has 2 saturated heterocycles. The molecule has 0 aromatic heterocycles. The van der Waals surface area contributed by atoms with Crippen LogP contribution in [0.3, 0.4) is 0 Å². The first-order valence-electron chi connectivity index (χ1n) is 10.1. The monoisotopic (exact) mass is 357 g/mol. The van der Waals surface area contributed by atoms with Crippen molar-refractivity contribution in [1.82, 2.24) is 10.2 Å². The van der Waals surface area contributed by atoms with E-state index in [2.05, 4.69) is 17.1 Å². The van der Waals surface area contributed by atoms with Crippen molar-refractivity contribution in [3.8, 4) is 0 Å². The van der Waals surface area contributed by atoms with Gasteiger partial charge in [0, 0.05) is 43.3 Å². The van der Waals surface area contributed by atoms with Gasteiger partial charge in [-0.15, -0.1) is 0 Å². The quantitative estimate of drug-likeness (QED) is 0.796. The summed E-state index contributed by atoms with van der Waals surface area (Å²) in [4.78, 5) is 28.6. The van der Waals surface area contributed by atoms with Crippen LogP contribution in [0.2, 0.25) is 0 Å². The molecule has 0 spiro atoms. The van der Waals surface area contributed by atoms with E-state index in [0.29, 0.717) is 24.6 Å². The van der Waals surface area contributed by atoms with Gasteiger partial charge in [0.1, 0.15) is 0 Å². The molecule has 2 fully saturated rings. The number of amides is 2. The highest BCUT2D eigenvalue weighted by Gasteiger charge is 2.20. The smallest absolute Gasteiger partial charge is 0.251 e. The van der Waals surface area contributed by atoms with Gasteiger partial charge < -0.3 is 15.1 Å². The molecule has 2 aliphatic heterocycles. The lowest BCUT2D eigenvalue weighted by Crippen LogP contribution is -2.39. The first-order valence-corrected chi connectivity index (χ1v) is 10.1. The number of carbonyl (C=O) groups is 2. The number of anilines is 1. The SMILES string of the molecule is CC1CCCCN1CCCNC(=O)c1ccc(N2CCCCC2=O)cc1. The molecule has 2 amide bonds. The third kappa shape index (κ3) is 4.85. The molecule has 1 atom stereocenters. The number of piperidine rings is 2. The summed E-state index contributed by atoms with van der Waals surface area (Å²) >= 11 is 0. The summed E-state index contributed by atoms with van der Waals surface area (Å²) in [6, 6.07) is 8.07. The zero-order valence-corrected chi connectivity index (χ0v) is 15.9. The van der Waals surface area contributed by atoms with Gasteiger partial charge in [0.2, 0.25) is 5.91 Å². The second-order valence-corrected chi connectivity index (χ2v) is 7.54. The average molecular weight is 357 g/mol. The van der Waals surface area contributed by atoms with Crippen molar-refractivity contribution in [3.05, 3.63) is 29.8 Å². The van der Waals surface area contributed by atoms with E-state index in [4.69, 9.17) is 0 Å².